The van der Waals surface area contributed by atoms with E-state index in [0.29, 0.717) is 13.1 Å². The summed E-state index contributed by atoms with van der Waals surface area (Å²) >= 11 is 0. The van der Waals surface area contributed by atoms with E-state index in [4.69, 9.17) is 5.73 Å². The first kappa shape index (κ1) is 14.4. The largest absolute Gasteiger partial charge is 0.505 e. The maximum Gasteiger partial charge on any atom is 0.255 e. The predicted molar refractivity (Wildman–Crippen MR) is 70.3 cm³/mol. The van der Waals surface area contributed by atoms with Crippen molar-refractivity contribution < 1.29 is 9.90 Å². The van der Waals surface area contributed by atoms with Crippen LogP contribution in [0.3, 0.4) is 0 Å². The van der Waals surface area contributed by atoms with Gasteiger partial charge in [-0.2, -0.15) is 0 Å². The van der Waals surface area contributed by atoms with Gasteiger partial charge in [-0.3, -0.25) is 9.78 Å². The summed E-state index contributed by atoms with van der Waals surface area (Å²) in [5, 5.41) is 12.4. The first-order valence-corrected chi connectivity index (χ1v) is 6.20. The molecule has 4 N–H and O–H groups in total. The van der Waals surface area contributed by atoms with Crippen molar-refractivity contribution in [2.75, 3.05) is 13.1 Å². The smallest absolute Gasteiger partial charge is 0.255 e. The second-order valence-electron chi connectivity index (χ2n) is 4.49. The Morgan fingerprint density at radius 1 is 1.50 bits per heavy atom. The van der Waals surface area contributed by atoms with E-state index in [1.54, 1.807) is 0 Å². The Labute approximate surface area is 107 Å². The highest BCUT2D eigenvalue weighted by Crippen LogP contribution is 2.24. The number of carbonyl (C=O) groups excluding carboxylic acids is 1. The minimum Gasteiger partial charge on any atom is -0.505 e. The molecule has 0 atom stereocenters. The maximum absolute atomic E-state index is 11.9. The molecule has 1 amide bonds. The average Bonchev–Trinajstić information content (AvgIpc) is 2.41. The first-order valence-electron chi connectivity index (χ1n) is 6.20. The Kier molecular flexibility index (Phi) is 5.09. The maximum atomic E-state index is 11.9. The number of pyridine rings is 1. The van der Waals surface area contributed by atoms with Crippen molar-refractivity contribution in [2.45, 2.75) is 26.7 Å². The molecule has 0 saturated heterocycles. The van der Waals surface area contributed by atoms with Crippen LogP contribution in [0.15, 0.2) is 18.5 Å². The summed E-state index contributed by atoms with van der Waals surface area (Å²) in [5.74, 6) is -0.407. The highest BCUT2D eigenvalue weighted by atomic mass is 16.3. The van der Waals surface area contributed by atoms with Gasteiger partial charge in [0.25, 0.3) is 5.91 Å². The van der Waals surface area contributed by atoms with E-state index in [9.17, 15) is 9.90 Å². The lowest BCUT2D eigenvalue weighted by Gasteiger charge is -2.30. The minimum atomic E-state index is -0.297. The topological polar surface area (TPSA) is 88.2 Å². The van der Waals surface area contributed by atoms with Gasteiger partial charge in [0.15, 0.2) is 0 Å². The van der Waals surface area contributed by atoms with Crippen molar-refractivity contribution in [1.29, 1.82) is 0 Å². The number of aromatic nitrogens is 1. The summed E-state index contributed by atoms with van der Waals surface area (Å²) in [4.78, 5) is 15.7. The third kappa shape index (κ3) is 3.20. The third-order valence-electron chi connectivity index (χ3n) is 3.60. The molecule has 5 nitrogen and oxygen atoms in total. The molecule has 1 rings (SSSR count). The molecule has 1 aromatic rings. The quantitative estimate of drug-likeness (QED) is 0.710. The summed E-state index contributed by atoms with van der Waals surface area (Å²) in [5.41, 5.74) is 5.94. The summed E-state index contributed by atoms with van der Waals surface area (Å²) in [7, 11) is 0. The van der Waals surface area contributed by atoms with E-state index in [1.165, 1.54) is 18.5 Å². The molecule has 5 heteroatoms. The fourth-order valence-electron chi connectivity index (χ4n) is 1.80. The molecule has 1 heterocycles. The second kappa shape index (κ2) is 6.35. The highest BCUT2D eigenvalue weighted by molar-refractivity contribution is 5.96. The van der Waals surface area contributed by atoms with Gasteiger partial charge in [-0.25, -0.2) is 0 Å². The zero-order valence-corrected chi connectivity index (χ0v) is 10.9. The molecule has 0 aliphatic heterocycles. The molecule has 1 aromatic heterocycles. The molecule has 0 aliphatic rings. The molecule has 0 aromatic carbocycles. The van der Waals surface area contributed by atoms with Crippen molar-refractivity contribution >= 4 is 5.91 Å². The lowest BCUT2D eigenvalue weighted by Crippen LogP contribution is -2.41. The number of aromatic hydroxyl groups is 1. The van der Waals surface area contributed by atoms with Gasteiger partial charge in [0.1, 0.15) is 5.75 Å². The summed E-state index contributed by atoms with van der Waals surface area (Å²) in [6.07, 6.45) is 4.54. The number of nitrogens with zero attached hydrogens (tertiary/aromatic N) is 1. The van der Waals surface area contributed by atoms with Crippen molar-refractivity contribution in [2.24, 2.45) is 11.1 Å². The normalized spacial score (nSPS) is 11.3. The molecule has 0 unspecified atom stereocenters. The van der Waals surface area contributed by atoms with Crippen LogP contribution in [0.4, 0.5) is 0 Å². The number of nitrogens with two attached hydrogens (primary N) is 1. The van der Waals surface area contributed by atoms with Crippen LogP contribution >= 0.6 is 0 Å². The number of amides is 1. The van der Waals surface area contributed by atoms with Gasteiger partial charge in [-0.05, 0) is 30.9 Å². The van der Waals surface area contributed by atoms with E-state index < -0.39 is 0 Å². The van der Waals surface area contributed by atoms with Crippen molar-refractivity contribution in [1.82, 2.24) is 10.3 Å². The molecule has 0 saturated carbocycles. The Balaban J connectivity index is 2.69. The molecule has 0 fully saturated rings. The van der Waals surface area contributed by atoms with Crippen LogP contribution < -0.4 is 11.1 Å². The number of hydrogen-bond donors (Lipinski definition) is 3. The van der Waals surface area contributed by atoms with Crippen LogP contribution in [0, 0.1) is 5.41 Å². The Morgan fingerprint density at radius 3 is 2.67 bits per heavy atom. The van der Waals surface area contributed by atoms with Gasteiger partial charge in [0.2, 0.25) is 0 Å². The SMILES string of the molecule is CCC(CC)(CN)CNC(=O)c1ccncc1O. The van der Waals surface area contributed by atoms with Gasteiger partial charge in [-0.1, -0.05) is 13.8 Å². The Morgan fingerprint density at radius 2 is 2.17 bits per heavy atom. The first-order chi connectivity index (χ1) is 8.58. The molecular formula is C13H21N3O2. The van der Waals surface area contributed by atoms with Gasteiger partial charge < -0.3 is 16.2 Å². The molecule has 0 radical (unpaired) electrons. The van der Waals surface area contributed by atoms with Gasteiger partial charge >= 0.3 is 0 Å². The van der Waals surface area contributed by atoms with Crippen molar-refractivity contribution in [3.05, 3.63) is 24.0 Å². The highest BCUT2D eigenvalue weighted by Gasteiger charge is 2.25. The Bertz CT molecular complexity index is 395. The van der Waals surface area contributed by atoms with Crippen molar-refractivity contribution in [3.8, 4) is 5.75 Å². The molecule has 100 valence electrons. The fourth-order valence-corrected chi connectivity index (χ4v) is 1.80. The van der Waals surface area contributed by atoms with Crippen molar-refractivity contribution in [3.63, 3.8) is 0 Å². The minimum absolute atomic E-state index is 0.0711. The van der Waals surface area contributed by atoms with E-state index in [0.717, 1.165) is 12.8 Å². The molecule has 18 heavy (non-hydrogen) atoms. The number of hydrogen-bond acceptors (Lipinski definition) is 4. The fraction of sp³-hybridized carbons (Fsp3) is 0.538. The monoisotopic (exact) mass is 251 g/mol. The standard InChI is InChI=1S/C13H21N3O2/c1-3-13(4-2,8-14)9-16-12(18)10-5-6-15-7-11(10)17/h5-7,17H,3-4,8-9,14H2,1-2H3,(H,16,18). The molecule has 0 spiro atoms. The average molecular weight is 251 g/mol. The van der Waals surface area contributed by atoms with Crippen LogP contribution in [0.5, 0.6) is 5.75 Å². The second-order valence-corrected chi connectivity index (χ2v) is 4.49. The van der Waals surface area contributed by atoms with E-state index in [2.05, 4.69) is 24.1 Å². The number of carbonyl (C=O) groups is 1. The lowest BCUT2D eigenvalue weighted by molar-refractivity contribution is 0.0925. The van der Waals surface area contributed by atoms with Crippen LogP contribution in [0.25, 0.3) is 0 Å². The van der Waals surface area contributed by atoms with Crippen LogP contribution in [0.2, 0.25) is 0 Å². The lowest BCUT2D eigenvalue weighted by atomic mass is 9.82. The van der Waals surface area contributed by atoms with Crippen LogP contribution in [0.1, 0.15) is 37.0 Å². The van der Waals surface area contributed by atoms with E-state index >= 15 is 0 Å². The molecule has 0 aliphatic carbocycles. The molecular weight excluding hydrogens is 230 g/mol. The van der Waals surface area contributed by atoms with Crippen LogP contribution in [-0.4, -0.2) is 29.1 Å². The summed E-state index contributed by atoms with van der Waals surface area (Å²) < 4.78 is 0. The molecule has 0 bridgehead atoms. The summed E-state index contributed by atoms with van der Waals surface area (Å²) in [6, 6.07) is 1.49. The number of nitrogens with one attached hydrogen (secondary N) is 1. The Hall–Kier alpha value is -1.62. The van der Waals surface area contributed by atoms with Gasteiger partial charge in [0.05, 0.1) is 11.8 Å². The zero-order chi connectivity index (χ0) is 13.6. The van der Waals surface area contributed by atoms with E-state index in [-0.39, 0.29) is 22.6 Å². The van der Waals surface area contributed by atoms with E-state index in [1.807, 2.05) is 0 Å². The van der Waals surface area contributed by atoms with Gasteiger partial charge in [-0.15, -0.1) is 0 Å². The predicted octanol–water partition coefficient (Wildman–Crippen LogP) is 1.28. The van der Waals surface area contributed by atoms with Gasteiger partial charge in [0, 0.05) is 12.7 Å². The summed E-state index contributed by atoms with van der Waals surface area (Å²) in [6.45, 7) is 5.17. The van der Waals surface area contributed by atoms with Crippen LogP contribution in [-0.2, 0) is 0 Å². The zero-order valence-electron chi connectivity index (χ0n) is 10.9. The number of rotatable bonds is 6. The third-order valence-corrected chi connectivity index (χ3v) is 3.60.